The third-order valence-electron chi connectivity index (χ3n) is 3.52. The molecule has 98 valence electrons. The van der Waals surface area contributed by atoms with Crippen LogP contribution in [-0.2, 0) is 19.0 Å². The van der Waals surface area contributed by atoms with Crippen LogP contribution in [0.4, 0.5) is 0 Å². The smallest absolute Gasteiger partial charge is 0.192 e. The zero-order valence-corrected chi connectivity index (χ0v) is 10.7. The number of methoxy groups -OCH3 is 1. The van der Waals surface area contributed by atoms with Crippen LogP contribution in [0.2, 0.25) is 0 Å². The maximum Gasteiger partial charge on any atom is 0.192 e. The SMILES string of the molecule is COC1(C)O[C@@H]2C(=O)CCC2[C@H]1OC(C)(C)O. The van der Waals surface area contributed by atoms with Crippen molar-refractivity contribution in [2.75, 3.05) is 7.11 Å². The molecule has 2 rings (SSSR count). The zero-order valence-electron chi connectivity index (χ0n) is 10.7. The molecule has 5 heteroatoms. The second kappa shape index (κ2) is 4.02. The number of aliphatic hydroxyl groups is 1. The van der Waals surface area contributed by atoms with Crippen molar-refractivity contribution in [2.24, 2.45) is 5.92 Å². The molecule has 5 nitrogen and oxygen atoms in total. The first-order valence-electron chi connectivity index (χ1n) is 5.93. The summed E-state index contributed by atoms with van der Waals surface area (Å²) in [7, 11) is 1.52. The van der Waals surface area contributed by atoms with E-state index in [1.54, 1.807) is 20.8 Å². The summed E-state index contributed by atoms with van der Waals surface area (Å²) < 4.78 is 16.6. The van der Waals surface area contributed by atoms with E-state index in [2.05, 4.69) is 0 Å². The molecule has 2 fully saturated rings. The average molecular weight is 244 g/mol. The maximum absolute atomic E-state index is 11.7. The number of ether oxygens (including phenoxy) is 3. The van der Waals surface area contributed by atoms with E-state index in [4.69, 9.17) is 14.2 Å². The fourth-order valence-corrected chi connectivity index (χ4v) is 2.68. The summed E-state index contributed by atoms with van der Waals surface area (Å²) in [6.07, 6.45) is 0.362. The third-order valence-corrected chi connectivity index (χ3v) is 3.52. The van der Waals surface area contributed by atoms with E-state index in [0.29, 0.717) is 6.42 Å². The highest BCUT2D eigenvalue weighted by Crippen LogP contribution is 2.45. The van der Waals surface area contributed by atoms with Crippen LogP contribution in [-0.4, -0.2) is 41.8 Å². The normalized spacial score (nSPS) is 41.9. The van der Waals surface area contributed by atoms with Crippen LogP contribution in [0.15, 0.2) is 0 Å². The average Bonchev–Trinajstić information content (AvgIpc) is 2.67. The summed E-state index contributed by atoms with van der Waals surface area (Å²) in [5.74, 6) is -2.17. The van der Waals surface area contributed by atoms with Crippen LogP contribution >= 0.6 is 0 Å². The zero-order chi connectivity index (χ0) is 12.8. The lowest BCUT2D eigenvalue weighted by Crippen LogP contribution is -2.46. The van der Waals surface area contributed by atoms with Crippen LogP contribution in [0.25, 0.3) is 0 Å². The Balaban J connectivity index is 2.23. The van der Waals surface area contributed by atoms with Crippen molar-refractivity contribution >= 4 is 5.78 Å². The van der Waals surface area contributed by atoms with Gasteiger partial charge in [-0.1, -0.05) is 0 Å². The Labute approximate surface area is 101 Å². The molecular formula is C12H20O5. The van der Waals surface area contributed by atoms with Crippen LogP contribution < -0.4 is 0 Å². The highest BCUT2D eigenvalue weighted by atomic mass is 16.7. The lowest BCUT2D eigenvalue weighted by molar-refractivity contribution is -0.293. The van der Waals surface area contributed by atoms with E-state index in [0.717, 1.165) is 6.42 Å². The number of carbonyl (C=O) groups excluding carboxylic acids is 1. The molecule has 0 aromatic carbocycles. The van der Waals surface area contributed by atoms with Gasteiger partial charge in [0, 0.05) is 19.4 Å². The number of Topliss-reactive ketones (excluding diaryl/α,β-unsaturated/α-hetero) is 1. The van der Waals surface area contributed by atoms with Crippen LogP contribution in [0, 0.1) is 5.92 Å². The molecule has 0 spiro atoms. The van der Waals surface area contributed by atoms with Gasteiger partial charge >= 0.3 is 0 Å². The molecule has 1 N–H and O–H groups in total. The van der Waals surface area contributed by atoms with Gasteiger partial charge in [-0.25, -0.2) is 0 Å². The second-order valence-corrected chi connectivity index (χ2v) is 5.41. The largest absolute Gasteiger partial charge is 0.366 e. The Morgan fingerprint density at radius 1 is 1.53 bits per heavy atom. The Kier molecular flexibility index (Phi) is 3.06. The van der Waals surface area contributed by atoms with E-state index < -0.39 is 23.8 Å². The van der Waals surface area contributed by atoms with Crippen LogP contribution in [0.3, 0.4) is 0 Å². The first-order chi connectivity index (χ1) is 7.77. The molecule has 0 radical (unpaired) electrons. The highest BCUT2D eigenvalue weighted by molar-refractivity contribution is 5.86. The Hall–Kier alpha value is -0.490. The Morgan fingerprint density at radius 2 is 2.18 bits per heavy atom. The summed E-state index contributed by atoms with van der Waals surface area (Å²) in [5.41, 5.74) is 0. The quantitative estimate of drug-likeness (QED) is 0.745. The minimum Gasteiger partial charge on any atom is -0.366 e. The minimum atomic E-state index is -1.27. The number of fused-ring (bicyclic) bond motifs is 1. The predicted molar refractivity (Wildman–Crippen MR) is 59.2 cm³/mol. The minimum absolute atomic E-state index is 0.0288. The number of hydrogen-bond acceptors (Lipinski definition) is 5. The molecule has 0 bridgehead atoms. The fourth-order valence-electron chi connectivity index (χ4n) is 2.68. The van der Waals surface area contributed by atoms with Gasteiger partial charge < -0.3 is 19.3 Å². The van der Waals surface area contributed by atoms with E-state index in [1.807, 2.05) is 0 Å². The monoisotopic (exact) mass is 244 g/mol. The van der Waals surface area contributed by atoms with Crippen molar-refractivity contribution in [1.29, 1.82) is 0 Å². The fraction of sp³-hybridized carbons (Fsp3) is 0.917. The van der Waals surface area contributed by atoms with Crippen molar-refractivity contribution in [3.63, 3.8) is 0 Å². The molecule has 1 saturated carbocycles. The standard InChI is InChI=1S/C12H20O5/c1-11(2,14)17-10-7-5-6-8(13)9(7)16-12(10,3)15-4/h7,9-10,14H,5-6H2,1-4H3/t7?,9-,10+,12?/m0/s1. The first kappa shape index (κ1) is 13.0. The summed E-state index contributed by atoms with van der Waals surface area (Å²) in [5, 5.41) is 9.77. The number of ketones is 1. The van der Waals surface area contributed by atoms with Crippen LogP contribution in [0.1, 0.15) is 33.6 Å². The summed E-state index contributed by atoms with van der Waals surface area (Å²) in [4.78, 5) is 11.7. The topological polar surface area (TPSA) is 65.0 Å². The molecule has 2 aliphatic rings. The van der Waals surface area contributed by atoms with E-state index in [9.17, 15) is 9.90 Å². The van der Waals surface area contributed by atoms with Crippen molar-refractivity contribution < 1.29 is 24.1 Å². The summed E-state index contributed by atoms with van der Waals surface area (Å²) >= 11 is 0. The number of hydrogen-bond donors (Lipinski definition) is 1. The van der Waals surface area contributed by atoms with Gasteiger partial charge in [0.25, 0.3) is 0 Å². The molecule has 0 aromatic heterocycles. The van der Waals surface area contributed by atoms with E-state index in [1.165, 1.54) is 7.11 Å². The van der Waals surface area contributed by atoms with E-state index in [-0.39, 0.29) is 11.7 Å². The van der Waals surface area contributed by atoms with Gasteiger partial charge in [0.1, 0.15) is 12.2 Å². The number of rotatable bonds is 3. The molecule has 1 aliphatic carbocycles. The van der Waals surface area contributed by atoms with Crippen LogP contribution in [0.5, 0.6) is 0 Å². The Bertz CT molecular complexity index is 321. The molecule has 1 heterocycles. The van der Waals surface area contributed by atoms with Gasteiger partial charge in [-0.05, 0) is 27.2 Å². The highest BCUT2D eigenvalue weighted by Gasteiger charge is 2.59. The van der Waals surface area contributed by atoms with Gasteiger partial charge in [0.05, 0.1) is 0 Å². The lowest BCUT2D eigenvalue weighted by atomic mass is 9.96. The molecule has 0 amide bonds. The Morgan fingerprint density at radius 3 is 2.71 bits per heavy atom. The van der Waals surface area contributed by atoms with Gasteiger partial charge in [0.15, 0.2) is 17.4 Å². The maximum atomic E-state index is 11.7. The van der Waals surface area contributed by atoms with Gasteiger partial charge in [0.2, 0.25) is 0 Å². The molecule has 4 atom stereocenters. The van der Waals surface area contributed by atoms with Crippen molar-refractivity contribution in [1.82, 2.24) is 0 Å². The van der Waals surface area contributed by atoms with Crippen molar-refractivity contribution in [3.8, 4) is 0 Å². The molecule has 2 unspecified atom stereocenters. The molecule has 1 aliphatic heterocycles. The van der Waals surface area contributed by atoms with Gasteiger partial charge in [-0.15, -0.1) is 0 Å². The molecule has 1 saturated heterocycles. The second-order valence-electron chi connectivity index (χ2n) is 5.41. The van der Waals surface area contributed by atoms with Gasteiger partial charge in [-0.3, -0.25) is 4.79 Å². The molecular weight excluding hydrogens is 224 g/mol. The lowest BCUT2D eigenvalue weighted by Gasteiger charge is -2.34. The van der Waals surface area contributed by atoms with Crippen molar-refractivity contribution in [2.45, 2.75) is 57.4 Å². The first-order valence-corrected chi connectivity index (χ1v) is 5.93. The van der Waals surface area contributed by atoms with Crippen molar-refractivity contribution in [3.05, 3.63) is 0 Å². The summed E-state index contributed by atoms with van der Waals surface area (Å²) in [6.45, 7) is 4.87. The summed E-state index contributed by atoms with van der Waals surface area (Å²) in [6, 6.07) is 0. The predicted octanol–water partition coefficient (Wildman–Crippen LogP) is 0.840. The third kappa shape index (κ3) is 2.25. The molecule has 0 aromatic rings. The number of carbonyl (C=O) groups is 1. The van der Waals surface area contributed by atoms with Gasteiger partial charge in [-0.2, -0.15) is 0 Å². The molecule has 17 heavy (non-hydrogen) atoms. The van der Waals surface area contributed by atoms with E-state index >= 15 is 0 Å².